The maximum absolute atomic E-state index is 12.5. The van der Waals surface area contributed by atoms with E-state index in [9.17, 15) is 8.42 Å². The zero-order valence-corrected chi connectivity index (χ0v) is 15.0. The summed E-state index contributed by atoms with van der Waals surface area (Å²) in [4.78, 5) is 0.223. The molecule has 1 heterocycles. The Hall–Kier alpha value is -1.21. The standard InChI is InChI=1S/C13H10BrN3O2SSe/c1-8-7-9(5-6-10(8)14)20(18,19)15-11-3-2-4-12-13(11)17-21-16-12/h2-7,15H,1H3. The third-order valence-corrected chi connectivity index (χ3v) is 6.36. The van der Waals surface area contributed by atoms with Gasteiger partial charge in [0.05, 0.1) is 0 Å². The van der Waals surface area contributed by atoms with Crippen LogP contribution in [0.25, 0.3) is 11.0 Å². The van der Waals surface area contributed by atoms with Crippen LogP contribution in [0.2, 0.25) is 0 Å². The molecule has 108 valence electrons. The number of aryl methyl sites for hydroxylation is 1. The number of halogens is 1. The van der Waals surface area contributed by atoms with E-state index in [-0.39, 0.29) is 19.9 Å². The molecule has 0 unspecified atom stereocenters. The van der Waals surface area contributed by atoms with Crippen molar-refractivity contribution in [3.8, 4) is 0 Å². The van der Waals surface area contributed by atoms with Crippen LogP contribution in [0.4, 0.5) is 5.69 Å². The monoisotopic (exact) mass is 431 g/mol. The number of fused-ring (bicyclic) bond motifs is 1. The number of hydrogen-bond acceptors (Lipinski definition) is 4. The van der Waals surface area contributed by atoms with Crippen LogP contribution in [0.5, 0.6) is 0 Å². The summed E-state index contributed by atoms with van der Waals surface area (Å²) in [6.45, 7) is 1.85. The summed E-state index contributed by atoms with van der Waals surface area (Å²) in [5, 5.41) is 0. The van der Waals surface area contributed by atoms with Gasteiger partial charge in [-0.05, 0) is 0 Å². The molecule has 8 heteroatoms. The summed E-state index contributed by atoms with van der Waals surface area (Å²) < 4.78 is 36.9. The van der Waals surface area contributed by atoms with Crippen molar-refractivity contribution in [3.05, 3.63) is 46.4 Å². The van der Waals surface area contributed by atoms with Gasteiger partial charge in [0.1, 0.15) is 0 Å². The molecule has 1 aromatic heterocycles. The third-order valence-electron chi connectivity index (χ3n) is 2.97. The van der Waals surface area contributed by atoms with Crippen molar-refractivity contribution in [1.29, 1.82) is 0 Å². The average molecular weight is 431 g/mol. The van der Waals surface area contributed by atoms with Gasteiger partial charge in [-0.15, -0.1) is 0 Å². The minimum absolute atomic E-state index is 0.196. The molecule has 0 aliphatic carbocycles. The van der Waals surface area contributed by atoms with E-state index in [1.54, 1.807) is 30.3 Å². The second-order valence-electron chi connectivity index (χ2n) is 4.45. The number of nitrogens with one attached hydrogen (secondary N) is 1. The average Bonchev–Trinajstić information content (AvgIpc) is 2.91. The fourth-order valence-electron chi connectivity index (χ4n) is 1.88. The first-order valence-corrected chi connectivity index (χ1v) is 9.78. The second kappa shape index (κ2) is 5.53. The van der Waals surface area contributed by atoms with Crippen LogP contribution in [0.15, 0.2) is 45.8 Å². The van der Waals surface area contributed by atoms with E-state index in [4.69, 9.17) is 0 Å². The van der Waals surface area contributed by atoms with Gasteiger partial charge in [-0.3, -0.25) is 0 Å². The van der Waals surface area contributed by atoms with Gasteiger partial charge in [0.25, 0.3) is 0 Å². The first-order chi connectivity index (χ1) is 9.97. The van der Waals surface area contributed by atoms with Crippen LogP contribution in [0, 0.1) is 6.92 Å². The molecular formula is C13H10BrN3O2SSe. The Morgan fingerprint density at radius 1 is 1.19 bits per heavy atom. The predicted molar refractivity (Wildman–Crippen MR) is 86.2 cm³/mol. The van der Waals surface area contributed by atoms with E-state index in [1.165, 1.54) is 0 Å². The van der Waals surface area contributed by atoms with Crippen molar-refractivity contribution in [2.45, 2.75) is 11.8 Å². The molecule has 0 saturated heterocycles. The molecule has 0 spiro atoms. The van der Waals surface area contributed by atoms with E-state index in [0.29, 0.717) is 11.2 Å². The molecule has 21 heavy (non-hydrogen) atoms. The van der Waals surface area contributed by atoms with Crippen LogP contribution in [-0.2, 0) is 10.0 Å². The van der Waals surface area contributed by atoms with Crippen LogP contribution >= 0.6 is 15.9 Å². The molecular weight excluding hydrogens is 421 g/mol. The number of aromatic nitrogens is 2. The molecule has 1 N–H and O–H groups in total. The van der Waals surface area contributed by atoms with Gasteiger partial charge in [0.15, 0.2) is 0 Å². The number of rotatable bonds is 3. The summed E-state index contributed by atoms with van der Waals surface area (Å²) >= 11 is 3.17. The van der Waals surface area contributed by atoms with E-state index in [2.05, 4.69) is 28.6 Å². The van der Waals surface area contributed by atoms with Crippen LogP contribution in [0.1, 0.15) is 5.56 Å². The van der Waals surface area contributed by atoms with Gasteiger partial charge < -0.3 is 0 Å². The summed E-state index contributed by atoms with van der Waals surface area (Å²) in [5.41, 5.74) is 2.69. The molecule has 2 aromatic carbocycles. The third kappa shape index (κ3) is 2.89. The number of benzene rings is 2. The van der Waals surface area contributed by atoms with Crippen LogP contribution in [0.3, 0.4) is 0 Å². The first-order valence-electron chi connectivity index (χ1n) is 5.97. The Labute approximate surface area is 136 Å². The van der Waals surface area contributed by atoms with Gasteiger partial charge in [-0.2, -0.15) is 0 Å². The first kappa shape index (κ1) is 14.7. The topological polar surface area (TPSA) is 72.0 Å². The number of sulfonamides is 1. The summed E-state index contributed by atoms with van der Waals surface area (Å²) in [6, 6.07) is 10.2. The van der Waals surface area contributed by atoms with Crippen molar-refractivity contribution in [1.82, 2.24) is 7.96 Å². The van der Waals surface area contributed by atoms with Crippen molar-refractivity contribution in [2.75, 3.05) is 4.72 Å². The van der Waals surface area contributed by atoms with Gasteiger partial charge in [-0.1, -0.05) is 0 Å². The van der Waals surface area contributed by atoms with E-state index >= 15 is 0 Å². The fraction of sp³-hybridized carbons (Fsp3) is 0.0769. The van der Waals surface area contributed by atoms with Gasteiger partial charge in [-0.25, -0.2) is 0 Å². The SMILES string of the molecule is Cc1cc(S(=O)(=O)Nc2cccc3n[se]nc23)ccc1Br. The molecule has 0 saturated carbocycles. The Balaban J connectivity index is 2.03. The molecule has 3 aromatic rings. The number of hydrogen-bond donors (Lipinski definition) is 1. The second-order valence-corrected chi connectivity index (χ2v) is 8.10. The predicted octanol–water partition coefficient (Wildman–Crippen LogP) is 2.56. The van der Waals surface area contributed by atoms with E-state index < -0.39 is 10.0 Å². The number of anilines is 1. The molecule has 0 atom stereocenters. The zero-order chi connectivity index (χ0) is 15.0. The molecule has 5 nitrogen and oxygen atoms in total. The van der Waals surface area contributed by atoms with Gasteiger partial charge in [0, 0.05) is 0 Å². The molecule has 0 bridgehead atoms. The molecule has 0 amide bonds. The Morgan fingerprint density at radius 3 is 2.76 bits per heavy atom. The minimum atomic E-state index is -3.64. The molecule has 0 radical (unpaired) electrons. The molecule has 0 fully saturated rings. The Morgan fingerprint density at radius 2 is 2.00 bits per heavy atom. The van der Waals surface area contributed by atoms with Crippen molar-refractivity contribution in [2.24, 2.45) is 0 Å². The summed E-state index contributed by atoms with van der Waals surface area (Å²) in [5.74, 6) is 0. The molecule has 0 aliphatic heterocycles. The van der Waals surface area contributed by atoms with Crippen molar-refractivity contribution < 1.29 is 8.42 Å². The molecule has 3 rings (SSSR count). The van der Waals surface area contributed by atoms with Crippen LogP contribution < -0.4 is 4.72 Å². The van der Waals surface area contributed by atoms with Crippen LogP contribution in [-0.4, -0.2) is 31.3 Å². The zero-order valence-electron chi connectivity index (χ0n) is 10.9. The van der Waals surface area contributed by atoms with Crippen molar-refractivity contribution in [3.63, 3.8) is 0 Å². The van der Waals surface area contributed by atoms with Gasteiger partial charge >= 0.3 is 137 Å². The van der Waals surface area contributed by atoms with Crippen molar-refractivity contribution >= 4 is 57.6 Å². The number of nitrogens with zero attached hydrogens (tertiary/aromatic N) is 2. The van der Waals surface area contributed by atoms with Gasteiger partial charge in [0.2, 0.25) is 0 Å². The quantitative estimate of drug-likeness (QED) is 0.648. The van der Waals surface area contributed by atoms with E-state index in [0.717, 1.165) is 15.6 Å². The van der Waals surface area contributed by atoms with E-state index in [1.807, 2.05) is 13.0 Å². The fourth-order valence-corrected chi connectivity index (χ4v) is 4.43. The Kier molecular flexibility index (Phi) is 3.88. The summed E-state index contributed by atoms with van der Waals surface area (Å²) in [7, 11) is -3.64. The summed E-state index contributed by atoms with van der Waals surface area (Å²) in [6.07, 6.45) is 0. The molecule has 0 aliphatic rings. The normalized spacial score (nSPS) is 11.7. The maximum atomic E-state index is 12.5. The Bertz CT molecular complexity index is 924.